The Labute approximate surface area is 225 Å². The summed E-state index contributed by atoms with van der Waals surface area (Å²) in [6.45, 7) is 13.5. The van der Waals surface area contributed by atoms with Crippen LogP contribution in [-0.4, -0.2) is 41.0 Å². The summed E-state index contributed by atoms with van der Waals surface area (Å²) in [6.07, 6.45) is -0.0363. The molecule has 0 spiro atoms. The van der Waals surface area contributed by atoms with Crippen molar-refractivity contribution in [3.05, 3.63) is 65.5 Å². The van der Waals surface area contributed by atoms with E-state index in [1.54, 1.807) is 19.2 Å². The van der Waals surface area contributed by atoms with Crippen molar-refractivity contribution in [2.75, 3.05) is 11.9 Å². The average Bonchev–Trinajstić information content (AvgIpc) is 2.71. The second-order valence-electron chi connectivity index (χ2n) is 10.8. The number of nitrogens with one attached hydrogen (secondary N) is 3. The number of benzene rings is 2. The molecule has 0 radical (unpaired) electrons. The maximum Gasteiger partial charge on any atom is 0.236 e. The van der Waals surface area contributed by atoms with Gasteiger partial charge in [-0.15, -0.1) is 0 Å². The summed E-state index contributed by atoms with van der Waals surface area (Å²) in [4.78, 5) is 36.9. The Hall–Kier alpha value is -3.33. The summed E-state index contributed by atoms with van der Waals surface area (Å²) < 4.78 is 12.9. The largest absolute Gasteiger partial charge is 0.358 e. The molecule has 0 fully saturated rings. The van der Waals surface area contributed by atoms with Gasteiger partial charge in [-0.1, -0.05) is 29.8 Å². The van der Waals surface area contributed by atoms with Crippen molar-refractivity contribution in [1.29, 1.82) is 0 Å². The Morgan fingerprint density at radius 2 is 1.46 bits per heavy atom. The summed E-state index contributed by atoms with van der Waals surface area (Å²) in [5, 5.41) is 8.60. The van der Waals surface area contributed by atoms with Crippen LogP contribution in [0.25, 0.3) is 0 Å². The van der Waals surface area contributed by atoms with E-state index in [9.17, 15) is 18.8 Å². The van der Waals surface area contributed by atoms with E-state index in [0.717, 1.165) is 11.3 Å². The van der Waals surface area contributed by atoms with Crippen LogP contribution in [-0.2, 0) is 20.8 Å². The number of hydrogen-bond acceptors (Lipinski definition) is 4. The van der Waals surface area contributed by atoms with E-state index in [4.69, 9.17) is 12.2 Å². The maximum atomic E-state index is 12.9. The summed E-state index contributed by atoms with van der Waals surface area (Å²) in [6, 6.07) is 13.6. The highest BCUT2D eigenvalue weighted by Crippen LogP contribution is 2.14. The van der Waals surface area contributed by atoms with E-state index in [-0.39, 0.29) is 52.6 Å². The first-order valence-corrected chi connectivity index (χ1v) is 12.4. The lowest BCUT2D eigenvalue weighted by molar-refractivity contribution is -0.128. The number of anilines is 1. The Morgan fingerprint density at radius 1 is 0.892 bits per heavy atom. The smallest absolute Gasteiger partial charge is 0.236 e. The average molecular weight is 531 g/mol. The van der Waals surface area contributed by atoms with Crippen LogP contribution in [0.5, 0.6) is 0 Å². The van der Waals surface area contributed by atoms with Crippen LogP contribution >= 0.6 is 12.2 Å². The standard InChI is InChI=1S/C15H22N2O2.C13H17FN2OS/c1-11-6-8-12(9-7-11)17(5)14(19)10-13(18)16-15(2,3)4;1-13(2,3)16-12(18)15-11(17)8-9-5-4-6-10(14)7-9/h6-9H,10H2,1-5H3,(H,16,18);4-7H,8H2,1-3H3,(H2,15,16,17,18). The first-order chi connectivity index (χ1) is 16.9. The highest BCUT2D eigenvalue weighted by molar-refractivity contribution is 7.80. The maximum absolute atomic E-state index is 12.9. The lowest BCUT2D eigenvalue weighted by Crippen LogP contribution is -2.48. The van der Waals surface area contributed by atoms with Gasteiger partial charge in [0.05, 0.1) is 6.42 Å². The number of carbonyl (C=O) groups excluding carboxylic acids is 3. The predicted octanol–water partition coefficient (Wildman–Crippen LogP) is 4.42. The molecule has 9 heteroatoms. The van der Waals surface area contributed by atoms with Gasteiger partial charge in [0.2, 0.25) is 17.7 Å². The normalized spacial score (nSPS) is 10.9. The highest BCUT2D eigenvalue weighted by Gasteiger charge is 2.19. The van der Waals surface area contributed by atoms with Crippen LogP contribution in [0.4, 0.5) is 10.1 Å². The molecule has 0 bridgehead atoms. The molecule has 3 amide bonds. The van der Waals surface area contributed by atoms with Gasteiger partial charge in [-0.05, 0) is 90.5 Å². The minimum absolute atomic E-state index is 0.101. The molecule has 0 atom stereocenters. The Kier molecular flexibility index (Phi) is 11.9. The van der Waals surface area contributed by atoms with E-state index >= 15 is 0 Å². The zero-order chi connectivity index (χ0) is 28.4. The first kappa shape index (κ1) is 31.7. The molecule has 0 saturated heterocycles. The third-order valence-corrected chi connectivity index (χ3v) is 4.82. The number of aryl methyl sites for hydroxylation is 1. The quantitative estimate of drug-likeness (QED) is 0.393. The van der Waals surface area contributed by atoms with E-state index < -0.39 is 0 Å². The predicted molar refractivity (Wildman–Crippen MR) is 151 cm³/mol. The molecule has 37 heavy (non-hydrogen) atoms. The second kappa shape index (κ2) is 13.8. The molecule has 2 aromatic carbocycles. The molecule has 0 unspecified atom stereocenters. The zero-order valence-electron chi connectivity index (χ0n) is 23.0. The number of rotatable bonds is 5. The van der Waals surface area contributed by atoms with Gasteiger partial charge in [-0.3, -0.25) is 14.4 Å². The SMILES string of the molecule is CC(C)(C)NC(=S)NC(=O)Cc1cccc(F)c1.Cc1ccc(N(C)C(=O)CC(=O)NC(C)(C)C)cc1. The van der Waals surface area contributed by atoms with E-state index in [1.165, 1.54) is 17.0 Å². The molecule has 0 aliphatic rings. The zero-order valence-corrected chi connectivity index (χ0v) is 23.8. The van der Waals surface area contributed by atoms with Gasteiger partial charge in [0.1, 0.15) is 12.2 Å². The van der Waals surface area contributed by atoms with Gasteiger partial charge in [0.25, 0.3) is 0 Å². The number of hydrogen-bond donors (Lipinski definition) is 3. The lowest BCUT2D eigenvalue weighted by atomic mass is 10.1. The van der Waals surface area contributed by atoms with Gasteiger partial charge in [-0.2, -0.15) is 0 Å². The van der Waals surface area contributed by atoms with Crippen LogP contribution < -0.4 is 20.9 Å². The summed E-state index contributed by atoms with van der Waals surface area (Å²) in [7, 11) is 1.68. The fourth-order valence-electron chi connectivity index (χ4n) is 3.01. The summed E-state index contributed by atoms with van der Waals surface area (Å²) in [5.74, 6) is -1.08. The van der Waals surface area contributed by atoms with Gasteiger partial charge < -0.3 is 20.9 Å². The van der Waals surface area contributed by atoms with Crippen LogP contribution in [0.15, 0.2) is 48.5 Å². The molecular formula is C28H39FN4O3S. The topological polar surface area (TPSA) is 90.5 Å². The Balaban J connectivity index is 0.000000371. The first-order valence-electron chi connectivity index (χ1n) is 12.0. The van der Waals surface area contributed by atoms with Crippen LogP contribution in [0.2, 0.25) is 0 Å². The Morgan fingerprint density at radius 3 is 1.97 bits per heavy atom. The molecule has 7 nitrogen and oxygen atoms in total. The van der Waals surface area contributed by atoms with Crippen molar-refractivity contribution in [3.8, 4) is 0 Å². The summed E-state index contributed by atoms with van der Waals surface area (Å²) in [5.41, 5.74) is 2.02. The fraction of sp³-hybridized carbons (Fsp3) is 0.429. The third-order valence-electron chi connectivity index (χ3n) is 4.62. The molecule has 2 rings (SSSR count). The number of thiocarbonyl (C=S) groups is 1. The molecule has 202 valence electrons. The van der Waals surface area contributed by atoms with Gasteiger partial charge >= 0.3 is 0 Å². The molecule has 0 heterocycles. The Bertz CT molecular complexity index is 1090. The van der Waals surface area contributed by atoms with Crippen molar-refractivity contribution in [2.45, 2.75) is 72.4 Å². The van der Waals surface area contributed by atoms with E-state index in [2.05, 4.69) is 16.0 Å². The van der Waals surface area contributed by atoms with Crippen molar-refractivity contribution >= 4 is 40.7 Å². The van der Waals surface area contributed by atoms with Crippen molar-refractivity contribution in [3.63, 3.8) is 0 Å². The van der Waals surface area contributed by atoms with E-state index in [0.29, 0.717) is 5.56 Å². The monoisotopic (exact) mass is 530 g/mol. The van der Waals surface area contributed by atoms with Crippen LogP contribution in [0.3, 0.4) is 0 Å². The van der Waals surface area contributed by atoms with Gasteiger partial charge in [0, 0.05) is 23.8 Å². The minimum Gasteiger partial charge on any atom is -0.358 e. The molecular weight excluding hydrogens is 491 g/mol. The van der Waals surface area contributed by atoms with Crippen LogP contribution in [0, 0.1) is 12.7 Å². The molecule has 0 saturated carbocycles. The number of halogens is 1. The van der Waals surface area contributed by atoms with Gasteiger partial charge in [-0.25, -0.2) is 4.39 Å². The highest BCUT2D eigenvalue weighted by atomic mass is 32.1. The summed E-state index contributed by atoms with van der Waals surface area (Å²) >= 11 is 5.00. The number of nitrogens with zero attached hydrogens (tertiary/aromatic N) is 1. The molecule has 2 aromatic rings. The molecule has 3 N–H and O–H groups in total. The van der Waals surface area contributed by atoms with Crippen molar-refractivity contribution in [2.24, 2.45) is 0 Å². The second-order valence-corrected chi connectivity index (χ2v) is 11.2. The van der Waals surface area contributed by atoms with Crippen molar-refractivity contribution < 1.29 is 18.8 Å². The third kappa shape index (κ3) is 14.1. The van der Waals surface area contributed by atoms with Gasteiger partial charge in [0.15, 0.2) is 5.11 Å². The van der Waals surface area contributed by atoms with E-state index in [1.807, 2.05) is 72.7 Å². The number of amides is 3. The lowest BCUT2D eigenvalue weighted by Gasteiger charge is -2.22. The van der Waals surface area contributed by atoms with Crippen LogP contribution in [0.1, 0.15) is 59.1 Å². The molecule has 0 aliphatic heterocycles. The van der Waals surface area contributed by atoms with Crippen molar-refractivity contribution in [1.82, 2.24) is 16.0 Å². The molecule has 0 aromatic heterocycles. The fourth-order valence-corrected chi connectivity index (χ4v) is 3.43. The minimum atomic E-state index is -0.351. The number of carbonyl (C=O) groups is 3. The molecule has 0 aliphatic carbocycles.